The summed E-state index contributed by atoms with van der Waals surface area (Å²) < 4.78 is 5.65. The number of carbonyl (C=O) groups is 1. The van der Waals surface area contributed by atoms with E-state index in [1.807, 2.05) is 6.07 Å². The molecule has 24 heavy (non-hydrogen) atoms. The third-order valence-electron chi connectivity index (χ3n) is 8.14. The van der Waals surface area contributed by atoms with Gasteiger partial charge in [0.05, 0.1) is 12.8 Å². The number of methoxy groups -OCH3 is 1. The van der Waals surface area contributed by atoms with Crippen LogP contribution < -0.4 is 10.1 Å². The molecule has 0 radical (unpaired) electrons. The fourth-order valence-corrected chi connectivity index (χ4v) is 7.49. The van der Waals surface area contributed by atoms with Gasteiger partial charge in [-0.15, -0.1) is 0 Å². The lowest BCUT2D eigenvalue weighted by Gasteiger charge is -2.65. The number of Topliss-reactive ketones (excluding diaryl/α,β-unsaturated/α-hetero) is 1. The smallest absolute Gasteiger partial charge is 0.159 e. The molecule has 1 aromatic carbocycles. The maximum Gasteiger partial charge on any atom is 0.159 e. The molecule has 7 rings (SSSR count). The van der Waals surface area contributed by atoms with Gasteiger partial charge >= 0.3 is 0 Å². The zero-order chi connectivity index (χ0) is 16.2. The molecule has 4 atom stereocenters. The molecule has 1 aromatic rings. The van der Waals surface area contributed by atoms with Crippen LogP contribution in [0.4, 0.5) is 5.69 Å². The average Bonchev–Trinajstić information content (AvgIpc) is 3.14. The molecule has 0 unspecified atom stereocenters. The number of nitrogens with zero attached hydrogens (tertiary/aromatic N) is 1. The van der Waals surface area contributed by atoms with Crippen LogP contribution in [0, 0.1) is 5.41 Å². The number of hydrogen-bond donors (Lipinski definition) is 1. The first kappa shape index (κ1) is 13.7. The minimum Gasteiger partial charge on any atom is -0.495 e. The van der Waals surface area contributed by atoms with Crippen LogP contribution in [0.3, 0.4) is 0 Å². The van der Waals surface area contributed by atoms with Crippen LogP contribution in [-0.2, 0) is 10.2 Å². The fourth-order valence-electron chi connectivity index (χ4n) is 7.49. The van der Waals surface area contributed by atoms with Crippen molar-refractivity contribution in [2.45, 2.75) is 55.5 Å². The van der Waals surface area contributed by atoms with E-state index in [2.05, 4.69) is 22.3 Å². The Hall–Kier alpha value is -1.55. The Morgan fingerprint density at radius 3 is 2.96 bits per heavy atom. The average molecular weight is 324 g/mol. The second kappa shape index (κ2) is 3.98. The summed E-state index contributed by atoms with van der Waals surface area (Å²) in [4.78, 5) is 16.2. The lowest BCUT2D eigenvalue weighted by Crippen LogP contribution is -2.76. The van der Waals surface area contributed by atoms with Crippen molar-refractivity contribution >= 4 is 11.5 Å². The van der Waals surface area contributed by atoms with E-state index in [1.165, 1.54) is 31.4 Å². The van der Waals surface area contributed by atoms with Gasteiger partial charge in [0.15, 0.2) is 5.78 Å². The maximum atomic E-state index is 13.4. The van der Waals surface area contributed by atoms with Gasteiger partial charge in [0, 0.05) is 17.9 Å². The van der Waals surface area contributed by atoms with Crippen molar-refractivity contribution in [1.82, 2.24) is 4.90 Å². The number of para-hydroxylation sites is 1. The van der Waals surface area contributed by atoms with Crippen molar-refractivity contribution < 1.29 is 9.53 Å². The number of rotatable bonds is 1. The van der Waals surface area contributed by atoms with Gasteiger partial charge in [-0.05, 0) is 62.2 Å². The molecule has 1 N–H and O–H groups in total. The summed E-state index contributed by atoms with van der Waals surface area (Å²) in [6.07, 6.45) is 6.57. The van der Waals surface area contributed by atoms with E-state index in [1.54, 1.807) is 7.11 Å². The molecule has 3 aliphatic heterocycles. The number of fused-ring (bicyclic) bond motifs is 3. The Labute approximate surface area is 142 Å². The third-order valence-corrected chi connectivity index (χ3v) is 8.14. The second-order valence-electron chi connectivity index (χ2n) is 8.64. The van der Waals surface area contributed by atoms with Gasteiger partial charge in [-0.25, -0.2) is 0 Å². The van der Waals surface area contributed by atoms with E-state index in [4.69, 9.17) is 4.74 Å². The number of nitrogens with one attached hydrogen (secondary N) is 1. The Morgan fingerprint density at radius 2 is 2.12 bits per heavy atom. The second-order valence-corrected chi connectivity index (χ2v) is 8.64. The topological polar surface area (TPSA) is 41.6 Å². The summed E-state index contributed by atoms with van der Waals surface area (Å²) in [5, 5.41) is 3.75. The van der Waals surface area contributed by atoms with Gasteiger partial charge in [-0.1, -0.05) is 12.1 Å². The Bertz CT molecular complexity index is 777. The molecule has 126 valence electrons. The number of benzene rings is 1. The van der Waals surface area contributed by atoms with Crippen molar-refractivity contribution in [3.05, 3.63) is 23.8 Å². The number of carbonyl (C=O) groups excluding carboxylic acids is 1. The van der Waals surface area contributed by atoms with Gasteiger partial charge in [-0.3, -0.25) is 9.69 Å². The first-order valence-electron chi connectivity index (χ1n) is 9.40. The number of anilines is 1. The van der Waals surface area contributed by atoms with Crippen molar-refractivity contribution in [3.8, 4) is 5.75 Å². The lowest BCUT2D eigenvalue weighted by molar-refractivity contribution is -0.152. The van der Waals surface area contributed by atoms with Crippen LogP contribution in [0.15, 0.2) is 18.2 Å². The molecule has 5 fully saturated rings. The molecule has 4 nitrogen and oxygen atoms in total. The van der Waals surface area contributed by atoms with E-state index in [0.29, 0.717) is 11.8 Å². The zero-order valence-corrected chi connectivity index (χ0v) is 14.2. The monoisotopic (exact) mass is 324 g/mol. The van der Waals surface area contributed by atoms with Gasteiger partial charge < -0.3 is 10.1 Å². The molecule has 0 aromatic heterocycles. The van der Waals surface area contributed by atoms with Crippen molar-refractivity contribution in [3.63, 3.8) is 0 Å². The molecule has 6 aliphatic rings. The lowest BCUT2D eigenvalue weighted by atomic mass is 9.41. The Balaban J connectivity index is 1.68. The zero-order valence-electron chi connectivity index (χ0n) is 14.2. The van der Waals surface area contributed by atoms with Gasteiger partial charge in [-0.2, -0.15) is 0 Å². The molecule has 3 heterocycles. The van der Waals surface area contributed by atoms with Gasteiger partial charge in [0.25, 0.3) is 0 Å². The predicted molar refractivity (Wildman–Crippen MR) is 91.5 cm³/mol. The van der Waals surface area contributed by atoms with Crippen LogP contribution >= 0.6 is 0 Å². The molecule has 2 bridgehead atoms. The maximum absolute atomic E-state index is 13.4. The third kappa shape index (κ3) is 1.17. The molecular formula is C20H24N2O2. The minimum absolute atomic E-state index is 0.0368. The van der Waals surface area contributed by atoms with Crippen LogP contribution in [0.5, 0.6) is 5.75 Å². The number of piperidine rings is 1. The highest BCUT2D eigenvalue weighted by molar-refractivity contribution is 6.00. The molecule has 3 aliphatic carbocycles. The largest absolute Gasteiger partial charge is 0.495 e. The molecule has 2 saturated heterocycles. The molecule has 3 spiro atoms. The van der Waals surface area contributed by atoms with Crippen LogP contribution in [0.2, 0.25) is 0 Å². The minimum atomic E-state index is -0.386. The van der Waals surface area contributed by atoms with E-state index in [0.717, 1.165) is 37.2 Å². The fraction of sp³-hybridized carbons (Fsp3) is 0.650. The highest BCUT2D eigenvalue weighted by atomic mass is 16.5. The molecule has 3 saturated carbocycles. The number of ether oxygens (including phenoxy) is 1. The number of hydrogen-bond acceptors (Lipinski definition) is 4. The van der Waals surface area contributed by atoms with Gasteiger partial charge in [0.2, 0.25) is 0 Å². The standard InChI is InChI=1S/C20H24N2O2/c1-24-14-5-2-4-13-16(14)21-20-8-7-18(12-15(20)23)6-3-10-22-11-9-19(13,20)17(18)22/h2,4-5,17,21H,3,6-12H2,1H3/t17-,18+,19+,20+/m0/s1. The van der Waals surface area contributed by atoms with Crippen molar-refractivity contribution in [1.29, 1.82) is 0 Å². The summed E-state index contributed by atoms with van der Waals surface area (Å²) in [5.74, 6) is 1.36. The van der Waals surface area contributed by atoms with Crippen molar-refractivity contribution in [2.24, 2.45) is 5.41 Å². The predicted octanol–water partition coefficient (Wildman–Crippen LogP) is 2.72. The first-order chi connectivity index (χ1) is 11.7. The normalized spacial score (nSPS) is 44.7. The highest BCUT2D eigenvalue weighted by Gasteiger charge is 2.78. The quantitative estimate of drug-likeness (QED) is 0.862. The molecule has 4 heteroatoms. The van der Waals surface area contributed by atoms with E-state index in [-0.39, 0.29) is 16.4 Å². The molecular weight excluding hydrogens is 300 g/mol. The number of ketones is 1. The van der Waals surface area contributed by atoms with Crippen LogP contribution in [0.1, 0.15) is 44.1 Å². The summed E-state index contributed by atoms with van der Waals surface area (Å²) in [6, 6.07) is 6.93. The summed E-state index contributed by atoms with van der Waals surface area (Å²) in [5.41, 5.74) is 2.25. The summed E-state index contributed by atoms with van der Waals surface area (Å²) in [6.45, 7) is 2.34. The summed E-state index contributed by atoms with van der Waals surface area (Å²) >= 11 is 0. The Morgan fingerprint density at radius 1 is 1.21 bits per heavy atom. The van der Waals surface area contributed by atoms with Crippen LogP contribution in [0.25, 0.3) is 0 Å². The summed E-state index contributed by atoms with van der Waals surface area (Å²) in [7, 11) is 1.73. The van der Waals surface area contributed by atoms with Crippen molar-refractivity contribution in [2.75, 3.05) is 25.5 Å². The first-order valence-corrected chi connectivity index (χ1v) is 9.40. The SMILES string of the molecule is COc1cccc2c1N[C@@]13CC[C@]4(CCCN5CC[C@]21[C@@H]54)CC3=O. The van der Waals surface area contributed by atoms with Crippen LogP contribution in [-0.4, -0.2) is 42.5 Å². The molecule has 0 amide bonds. The Kier molecular flexibility index (Phi) is 2.28. The van der Waals surface area contributed by atoms with Gasteiger partial charge in [0.1, 0.15) is 11.3 Å². The van der Waals surface area contributed by atoms with E-state index in [9.17, 15) is 4.79 Å². The van der Waals surface area contributed by atoms with E-state index < -0.39 is 0 Å². The highest BCUT2D eigenvalue weighted by Crippen LogP contribution is 2.72. The van der Waals surface area contributed by atoms with E-state index >= 15 is 0 Å².